The first-order chi connectivity index (χ1) is 9.06. The predicted molar refractivity (Wildman–Crippen MR) is 75.2 cm³/mol. The summed E-state index contributed by atoms with van der Waals surface area (Å²) in [6.45, 7) is 3.22. The topological polar surface area (TPSA) is 77.1 Å². The minimum absolute atomic E-state index is 0.0980. The molecular weight excluding hydrogens is 262 g/mol. The highest BCUT2D eigenvalue weighted by Gasteiger charge is 2.24. The van der Waals surface area contributed by atoms with Crippen LogP contribution in [0.1, 0.15) is 44.7 Å². The van der Waals surface area contributed by atoms with Crippen LogP contribution in [0.25, 0.3) is 0 Å². The Hall–Kier alpha value is -0.850. The molecule has 1 heterocycles. The number of nitrogens with one attached hydrogen (secondary N) is 1. The predicted octanol–water partition coefficient (Wildman–Crippen LogP) is 1.58. The van der Waals surface area contributed by atoms with Gasteiger partial charge in [-0.25, -0.2) is 13.1 Å². The molecule has 5 nitrogen and oxygen atoms in total. The van der Waals surface area contributed by atoms with E-state index >= 15 is 0 Å². The van der Waals surface area contributed by atoms with E-state index in [0.717, 1.165) is 44.3 Å². The van der Waals surface area contributed by atoms with Gasteiger partial charge >= 0.3 is 0 Å². The van der Waals surface area contributed by atoms with E-state index in [1.807, 2.05) is 4.57 Å². The Bertz CT molecular complexity index is 516. The first kappa shape index (κ1) is 14.6. The molecule has 0 saturated heterocycles. The van der Waals surface area contributed by atoms with Gasteiger partial charge in [0.25, 0.3) is 0 Å². The minimum Gasteiger partial charge on any atom is -0.349 e. The Balaban J connectivity index is 2.19. The quantitative estimate of drug-likeness (QED) is 0.833. The van der Waals surface area contributed by atoms with E-state index in [4.69, 9.17) is 5.73 Å². The van der Waals surface area contributed by atoms with Crippen LogP contribution in [0.2, 0.25) is 0 Å². The lowest BCUT2D eigenvalue weighted by atomic mass is 10.3. The molecule has 3 N–H and O–H groups in total. The van der Waals surface area contributed by atoms with Crippen LogP contribution in [-0.4, -0.2) is 19.0 Å². The molecule has 0 aromatic carbocycles. The Morgan fingerprint density at radius 1 is 1.42 bits per heavy atom. The summed E-state index contributed by atoms with van der Waals surface area (Å²) in [4.78, 5) is 0.341. The molecule has 1 fully saturated rings. The molecule has 1 aromatic rings. The highest BCUT2D eigenvalue weighted by Crippen LogP contribution is 2.21. The highest BCUT2D eigenvalue weighted by molar-refractivity contribution is 7.89. The van der Waals surface area contributed by atoms with Gasteiger partial charge in [-0.05, 0) is 25.3 Å². The van der Waals surface area contributed by atoms with Crippen LogP contribution >= 0.6 is 0 Å². The summed E-state index contributed by atoms with van der Waals surface area (Å²) in [6.07, 6.45) is 6.76. The van der Waals surface area contributed by atoms with Crippen LogP contribution in [0.4, 0.5) is 0 Å². The summed E-state index contributed by atoms with van der Waals surface area (Å²) >= 11 is 0. The summed E-state index contributed by atoms with van der Waals surface area (Å²) in [5.74, 6) is 0. The summed E-state index contributed by atoms with van der Waals surface area (Å²) in [7, 11) is -3.40. The van der Waals surface area contributed by atoms with Crippen molar-refractivity contribution in [1.29, 1.82) is 0 Å². The van der Waals surface area contributed by atoms with Crippen molar-refractivity contribution in [1.82, 2.24) is 9.29 Å². The standard InChI is InChI=1S/C13H23N3O2S/c1-2-7-16-10-13(8-12(16)9-14)19(17,18)15-11-5-3-4-6-11/h8,10-11,15H,2-7,9,14H2,1H3. The van der Waals surface area contributed by atoms with Crippen LogP contribution in [-0.2, 0) is 23.1 Å². The second kappa shape index (κ2) is 6.07. The van der Waals surface area contributed by atoms with Gasteiger partial charge in [-0.15, -0.1) is 0 Å². The molecule has 0 aliphatic heterocycles. The van der Waals surface area contributed by atoms with E-state index < -0.39 is 10.0 Å². The lowest BCUT2D eigenvalue weighted by Gasteiger charge is -2.11. The minimum atomic E-state index is -3.40. The molecule has 0 spiro atoms. The number of aromatic nitrogens is 1. The fourth-order valence-electron chi connectivity index (χ4n) is 2.62. The van der Waals surface area contributed by atoms with Gasteiger partial charge in [-0.3, -0.25) is 0 Å². The fraction of sp³-hybridized carbons (Fsp3) is 0.692. The normalized spacial score (nSPS) is 17.2. The van der Waals surface area contributed by atoms with Crippen molar-refractivity contribution in [2.24, 2.45) is 5.73 Å². The average molecular weight is 285 g/mol. The molecule has 19 heavy (non-hydrogen) atoms. The van der Waals surface area contributed by atoms with Crippen molar-refractivity contribution in [3.63, 3.8) is 0 Å². The number of hydrogen-bond acceptors (Lipinski definition) is 3. The van der Waals surface area contributed by atoms with E-state index in [9.17, 15) is 8.42 Å². The Morgan fingerprint density at radius 3 is 2.68 bits per heavy atom. The van der Waals surface area contributed by atoms with Gasteiger partial charge in [0.2, 0.25) is 10.0 Å². The van der Waals surface area contributed by atoms with Gasteiger partial charge in [-0.2, -0.15) is 0 Å². The van der Waals surface area contributed by atoms with Gasteiger partial charge in [0.05, 0.1) is 4.90 Å². The Kier molecular flexibility index (Phi) is 4.65. The molecule has 108 valence electrons. The maximum atomic E-state index is 12.3. The number of hydrogen-bond donors (Lipinski definition) is 2. The lowest BCUT2D eigenvalue weighted by molar-refractivity contribution is 0.551. The zero-order chi connectivity index (χ0) is 13.9. The second-order valence-electron chi connectivity index (χ2n) is 5.17. The third-order valence-corrected chi connectivity index (χ3v) is 5.11. The van der Waals surface area contributed by atoms with Gasteiger partial charge < -0.3 is 10.3 Å². The molecule has 0 bridgehead atoms. The van der Waals surface area contributed by atoms with Crippen molar-refractivity contribution in [2.75, 3.05) is 0 Å². The Labute approximate surface area is 115 Å². The highest BCUT2D eigenvalue weighted by atomic mass is 32.2. The van der Waals surface area contributed by atoms with E-state index in [1.54, 1.807) is 12.3 Å². The molecular formula is C13H23N3O2S. The van der Waals surface area contributed by atoms with E-state index in [2.05, 4.69) is 11.6 Å². The number of sulfonamides is 1. The van der Waals surface area contributed by atoms with Crippen molar-refractivity contribution in [3.8, 4) is 0 Å². The maximum absolute atomic E-state index is 12.3. The molecule has 1 aromatic heterocycles. The average Bonchev–Trinajstić information content (AvgIpc) is 2.98. The monoisotopic (exact) mass is 285 g/mol. The molecule has 1 aliphatic rings. The smallest absolute Gasteiger partial charge is 0.242 e. The van der Waals surface area contributed by atoms with Crippen LogP contribution in [0, 0.1) is 0 Å². The zero-order valence-electron chi connectivity index (χ0n) is 11.4. The maximum Gasteiger partial charge on any atom is 0.242 e. The molecule has 1 saturated carbocycles. The summed E-state index contributed by atoms with van der Waals surface area (Å²) < 4.78 is 29.3. The van der Waals surface area contributed by atoms with Gasteiger partial charge in [0, 0.05) is 31.0 Å². The van der Waals surface area contributed by atoms with Crippen LogP contribution < -0.4 is 10.5 Å². The molecule has 2 rings (SSSR count). The van der Waals surface area contributed by atoms with Crippen LogP contribution in [0.15, 0.2) is 17.2 Å². The van der Waals surface area contributed by atoms with Gasteiger partial charge in [0.1, 0.15) is 0 Å². The third-order valence-electron chi connectivity index (χ3n) is 3.62. The fourth-order valence-corrected chi connectivity index (χ4v) is 3.99. The largest absolute Gasteiger partial charge is 0.349 e. The van der Waals surface area contributed by atoms with E-state index in [-0.39, 0.29) is 6.04 Å². The third kappa shape index (κ3) is 3.38. The van der Waals surface area contributed by atoms with E-state index in [0.29, 0.717) is 11.4 Å². The molecule has 0 radical (unpaired) electrons. The van der Waals surface area contributed by atoms with E-state index in [1.165, 1.54) is 0 Å². The molecule has 6 heteroatoms. The molecule has 0 amide bonds. The van der Waals surface area contributed by atoms with Crippen molar-refractivity contribution < 1.29 is 8.42 Å². The molecule has 1 aliphatic carbocycles. The van der Waals surface area contributed by atoms with Gasteiger partial charge in [0.15, 0.2) is 0 Å². The number of rotatable bonds is 6. The van der Waals surface area contributed by atoms with Crippen molar-refractivity contribution in [3.05, 3.63) is 18.0 Å². The van der Waals surface area contributed by atoms with Crippen molar-refractivity contribution >= 4 is 10.0 Å². The lowest BCUT2D eigenvalue weighted by Crippen LogP contribution is -2.32. The molecule has 0 atom stereocenters. The number of aryl methyl sites for hydroxylation is 1. The zero-order valence-corrected chi connectivity index (χ0v) is 12.2. The second-order valence-corrected chi connectivity index (χ2v) is 6.88. The number of nitrogens with two attached hydrogens (primary N) is 1. The summed E-state index contributed by atoms with van der Waals surface area (Å²) in [5.41, 5.74) is 6.53. The molecule has 0 unspecified atom stereocenters. The van der Waals surface area contributed by atoms with Crippen molar-refractivity contribution in [2.45, 2.75) is 63.1 Å². The Morgan fingerprint density at radius 2 is 2.11 bits per heavy atom. The first-order valence-corrected chi connectivity index (χ1v) is 8.46. The van der Waals surface area contributed by atoms with Crippen LogP contribution in [0.3, 0.4) is 0 Å². The first-order valence-electron chi connectivity index (χ1n) is 6.98. The number of nitrogens with zero attached hydrogens (tertiary/aromatic N) is 1. The summed E-state index contributed by atoms with van der Waals surface area (Å²) in [6, 6.07) is 1.79. The summed E-state index contributed by atoms with van der Waals surface area (Å²) in [5, 5.41) is 0. The van der Waals surface area contributed by atoms with Gasteiger partial charge in [-0.1, -0.05) is 19.8 Å². The van der Waals surface area contributed by atoms with Crippen LogP contribution in [0.5, 0.6) is 0 Å². The SMILES string of the molecule is CCCn1cc(S(=O)(=O)NC2CCCC2)cc1CN.